The van der Waals surface area contributed by atoms with Crippen LogP contribution >= 0.6 is 0 Å². The lowest BCUT2D eigenvalue weighted by atomic mass is 9.77. The highest BCUT2D eigenvalue weighted by Crippen LogP contribution is 2.49. The van der Waals surface area contributed by atoms with Crippen molar-refractivity contribution in [2.75, 3.05) is 11.4 Å². The molecule has 1 heterocycles. The number of methoxy groups -OCH3 is 1. The standard InChI is InChI=1S/C23H21NO4S.4C2H6/c1-16-9-12-19(13-10-16)29(26,27)24-21-14-11-18(28-3)15-20(21)23(2,22(24)25)17-7-5-4-6-8-17;4*1-2/h4-15H,1-3H3;4*1-2H3. The van der Waals surface area contributed by atoms with Gasteiger partial charge in [-0.25, -0.2) is 12.7 Å². The van der Waals surface area contributed by atoms with E-state index in [0.717, 1.165) is 15.4 Å². The Hall–Kier alpha value is -3.12. The largest absolute Gasteiger partial charge is 0.497 e. The molecule has 0 saturated heterocycles. The van der Waals surface area contributed by atoms with E-state index in [1.165, 1.54) is 12.1 Å². The first-order valence-electron chi connectivity index (χ1n) is 13.2. The number of nitrogens with zero attached hydrogens (tertiary/aromatic N) is 1. The van der Waals surface area contributed by atoms with E-state index in [4.69, 9.17) is 4.74 Å². The van der Waals surface area contributed by atoms with Crippen LogP contribution in [0.2, 0.25) is 0 Å². The summed E-state index contributed by atoms with van der Waals surface area (Å²) in [6.45, 7) is 19.6. The van der Waals surface area contributed by atoms with Gasteiger partial charge >= 0.3 is 0 Å². The molecule has 0 spiro atoms. The van der Waals surface area contributed by atoms with Gasteiger partial charge in [0, 0.05) is 5.56 Å². The van der Waals surface area contributed by atoms with Gasteiger partial charge in [0.1, 0.15) is 5.75 Å². The van der Waals surface area contributed by atoms with Crippen LogP contribution in [0.1, 0.15) is 79.0 Å². The quantitative estimate of drug-likeness (QED) is 0.343. The number of sulfonamides is 1. The molecule has 0 saturated carbocycles. The highest BCUT2D eigenvalue weighted by Gasteiger charge is 2.53. The van der Waals surface area contributed by atoms with Crippen LogP contribution < -0.4 is 9.04 Å². The van der Waals surface area contributed by atoms with Crippen molar-refractivity contribution < 1.29 is 17.9 Å². The fraction of sp³-hybridized carbons (Fsp3) is 0.387. The van der Waals surface area contributed by atoms with Crippen LogP contribution in [0.15, 0.2) is 77.7 Å². The Bertz CT molecular complexity index is 1190. The number of hydrogen-bond donors (Lipinski definition) is 0. The average Bonchev–Trinajstić information content (AvgIpc) is 3.20. The maximum absolute atomic E-state index is 13.7. The van der Waals surface area contributed by atoms with Crippen LogP contribution in [0, 0.1) is 6.92 Å². The maximum Gasteiger partial charge on any atom is 0.270 e. The van der Waals surface area contributed by atoms with E-state index in [-0.39, 0.29) is 4.90 Å². The van der Waals surface area contributed by atoms with E-state index >= 15 is 0 Å². The summed E-state index contributed by atoms with van der Waals surface area (Å²) in [5, 5.41) is 0. The highest BCUT2D eigenvalue weighted by molar-refractivity contribution is 7.93. The third-order valence-electron chi connectivity index (χ3n) is 5.48. The number of fused-ring (bicyclic) bond motifs is 1. The summed E-state index contributed by atoms with van der Waals surface area (Å²) in [4.78, 5) is 13.8. The van der Waals surface area contributed by atoms with Crippen molar-refractivity contribution in [3.05, 3.63) is 89.5 Å². The second-order valence-corrected chi connectivity index (χ2v) is 9.05. The molecule has 1 unspecified atom stereocenters. The minimum atomic E-state index is -4.07. The molecule has 0 radical (unpaired) electrons. The second-order valence-electron chi connectivity index (χ2n) is 7.26. The normalized spacial score (nSPS) is 15.2. The van der Waals surface area contributed by atoms with Gasteiger partial charge in [-0.2, -0.15) is 0 Å². The predicted molar refractivity (Wildman–Crippen MR) is 157 cm³/mol. The molecule has 1 aliphatic rings. The van der Waals surface area contributed by atoms with Crippen molar-refractivity contribution in [2.45, 2.75) is 79.5 Å². The van der Waals surface area contributed by atoms with Crippen LogP contribution in [-0.2, 0) is 20.2 Å². The van der Waals surface area contributed by atoms with Crippen LogP contribution in [0.3, 0.4) is 0 Å². The number of aryl methyl sites for hydroxylation is 1. The Morgan fingerprint density at radius 3 is 1.76 bits per heavy atom. The number of rotatable bonds is 4. The summed E-state index contributed by atoms with van der Waals surface area (Å²) >= 11 is 0. The van der Waals surface area contributed by atoms with Crippen molar-refractivity contribution in [1.29, 1.82) is 0 Å². The highest BCUT2D eigenvalue weighted by atomic mass is 32.2. The molecular formula is C31H45NO4S. The number of hydrogen-bond acceptors (Lipinski definition) is 4. The van der Waals surface area contributed by atoms with Crippen molar-refractivity contribution >= 4 is 21.6 Å². The molecule has 6 heteroatoms. The Labute approximate surface area is 225 Å². The van der Waals surface area contributed by atoms with Crippen LogP contribution in [0.25, 0.3) is 0 Å². The molecule has 3 aromatic carbocycles. The maximum atomic E-state index is 13.7. The fourth-order valence-electron chi connectivity index (χ4n) is 3.75. The van der Waals surface area contributed by atoms with Gasteiger partial charge in [-0.05, 0) is 49.7 Å². The molecule has 0 bridgehead atoms. The summed E-state index contributed by atoms with van der Waals surface area (Å²) in [5.41, 5.74) is 1.46. The average molecular weight is 528 g/mol. The Balaban J connectivity index is 0.00000148. The summed E-state index contributed by atoms with van der Waals surface area (Å²) in [6.07, 6.45) is 0. The molecule has 0 fully saturated rings. The van der Waals surface area contributed by atoms with Gasteiger partial charge in [0.2, 0.25) is 0 Å². The minimum Gasteiger partial charge on any atom is -0.497 e. The van der Waals surface area contributed by atoms with Crippen molar-refractivity contribution in [1.82, 2.24) is 0 Å². The lowest BCUT2D eigenvalue weighted by Crippen LogP contribution is -2.42. The molecule has 4 rings (SSSR count). The summed E-state index contributed by atoms with van der Waals surface area (Å²) in [5.74, 6) is 0.0563. The monoisotopic (exact) mass is 527 g/mol. The van der Waals surface area contributed by atoms with E-state index in [0.29, 0.717) is 17.0 Å². The van der Waals surface area contributed by atoms with Crippen molar-refractivity contribution in [3.8, 4) is 5.75 Å². The number of amides is 1. The Morgan fingerprint density at radius 2 is 1.27 bits per heavy atom. The molecule has 204 valence electrons. The first-order valence-corrected chi connectivity index (χ1v) is 14.6. The zero-order valence-corrected chi connectivity index (χ0v) is 25.2. The molecule has 0 N–H and O–H groups in total. The van der Waals surface area contributed by atoms with Crippen LogP contribution in [0.5, 0.6) is 5.75 Å². The van der Waals surface area contributed by atoms with Crippen molar-refractivity contribution in [3.63, 3.8) is 0 Å². The number of anilines is 1. The lowest BCUT2D eigenvalue weighted by Gasteiger charge is -2.25. The Kier molecular flexibility index (Phi) is 14.5. The Morgan fingerprint density at radius 1 is 0.757 bits per heavy atom. The zero-order valence-electron chi connectivity index (χ0n) is 24.4. The molecule has 1 aliphatic heterocycles. The van der Waals surface area contributed by atoms with Crippen molar-refractivity contribution in [2.24, 2.45) is 0 Å². The molecular weight excluding hydrogens is 482 g/mol. The lowest BCUT2D eigenvalue weighted by molar-refractivity contribution is -0.120. The van der Waals surface area contributed by atoms with Gasteiger partial charge in [-0.15, -0.1) is 0 Å². The fourth-order valence-corrected chi connectivity index (χ4v) is 5.26. The van der Waals surface area contributed by atoms with Gasteiger partial charge in [-0.3, -0.25) is 4.79 Å². The topological polar surface area (TPSA) is 63.7 Å². The van der Waals surface area contributed by atoms with E-state index in [1.54, 1.807) is 44.4 Å². The summed E-state index contributed by atoms with van der Waals surface area (Å²) in [7, 11) is -2.53. The first kappa shape index (κ1) is 33.9. The molecule has 1 atom stereocenters. The molecule has 0 aliphatic carbocycles. The van der Waals surface area contributed by atoms with Crippen LogP contribution in [-0.4, -0.2) is 21.4 Å². The van der Waals surface area contributed by atoms with Crippen LogP contribution in [0.4, 0.5) is 5.69 Å². The number of carbonyl (C=O) groups is 1. The third kappa shape index (κ3) is 6.80. The van der Waals surface area contributed by atoms with E-state index in [2.05, 4.69) is 0 Å². The second kappa shape index (κ2) is 15.9. The van der Waals surface area contributed by atoms with E-state index in [1.807, 2.05) is 92.6 Å². The molecule has 0 aromatic heterocycles. The number of benzene rings is 3. The summed E-state index contributed by atoms with van der Waals surface area (Å²) in [6, 6.07) is 20.7. The minimum absolute atomic E-state index is 0.0792. The molecule has 5 nitrogen and oxygen atoms in total. The molecule has 3 aromatic rings. The van der Waals surface area contributed by atoms with E-state index in [9.17, 15) is 13.2 Å². The molecule has 1 amide bonds. The van der Waals surface area contributed by atoms with E-state index < -0.39 is 21.3 Å². The van der Waals surface area contributed by atoms with Gasteiger partial charge < -0.3 is 4.74 Å². The number of carbonyl (C=O) groups excluding carboxylic acids is 1. The smallest absolute Gasteiger partial charge is 0.270 e. The zero-order chi connectivity index (χ0) is 28.8. The number of ether oxygens (including phenoxy) is 1. The predicted octanol–water partition coefficient (Wildman–Crippen LogP) is 8.15. The SMILES string of the molecule is CC.CC.CC.CC.COc1ccc2c(c1)C(C)(c1ccccc1)C(=O)N2S(=O)(=O)c1ccc(C)cc1. The third-order valence-corrected chi connectivity index (χ3v) is 7.19. The van der Waals surface area contributed by atoms with Gasteiger partial charge in [0.25, 0.3) is 15.9 Å². The first-order chi connectivity index (χ1) is 17.8. The summed E-state index contributed by atoms with van der Waals surface area (Å²) < 4.78 is 33.2. The van der Waals surface area contributed by atoms with Gasteiger partial charge in [0.05, 0.1) is 23.1 Å². The molecule has 37 heavy (non-hydrogen) atoms. The van der Waals surface area contributed by atoms with Gasteiger partial charge in [-0.1, -0.05) is 103 Å². The van der Waals surface area contributed by atoms with Gasteiger partial charge in [0.15, 0.2) is 0 Å².